The summed E-state index contributed by atoms with van der Waals surface area (Å²) in [6.07, 6.45) is 7.33. The molecule has 0 unspecified atom stereocenters. The molecule has 2 atom stereocenters. The molecule has 2 aromatic rings. The summed E-state index contributed by atoms with van der Waals surface area (Å²) in [5.41, 5.74) is 1.19. The Morgan fingerprint density at radius 3 is 3.00 bits per heavy atom. The van der Waals surface area contributed by atoms with Gasteiger partial charge >= 0.3 is 0 Å². The number of hydrogen-bond donors (Lipinski definition) is 1. The van der Waals surface area contributed by atoms with Gasteiger partial charge in [-0.3, -0.25) is 4.90 Å². The van der Waals surface area contributed by atoms with Crippen LogP contribution in [0.25, 0.3) is 0 Å². The van der Waals surface area contributed by atoms with Crippen LogP contribution in [0, 0.1) is 0 Å². The zero-order chi connectivity index (χ0) is 16.4. The predicted octanol–water partition coefficient (Wildman–Crippen LogP) is 2.66. The lowest BCUT2D eigenvalue weighted by atomic mass is 9.88. The van der Waals surface area contributed by atoms with Crippen LogP contribution in [-0.4, -0.2) is 45.8 Å². The summed E-state index contributed by atoms with van der Waals surface area (Å²) in [5.74, 6) is 1.13. The molecule has 0 aliphatic carbocycles. The fourth-order valence-corrected chi connectivity index (χ4v) is 4.07. The van der Waals surface area contributed by atoms with E-state index in [1.54, 1.807) is 0 Å². The molecule has 3 heterocycles. The average molecular weight is 326 g/mol. The number of piperidine rings is 1. The van der Waals surface area contributed by atoms with Crippen molar-refractivity contribution in [3.8, 4) is 0 Å². The lowest BCUT2D eigenvalue weighted by Crippen LogP contribution is -2.48. The number of anilines is 1. The quantitative estimate of drug-likeness (QED) is 0.938. The van der Waals surface area contributed by atoms with E-state index < -0.39 is 0 Å². The largest absolute Gasteiger partial charge is 0.380 e. The first kappa shape index (κ1) is 15.7. The Labute approximate surface area is 143 Å². The third-order valence-corrected chi connectivity index (χ3v) is 5.26. The van der Waals surface area contributed by atoms with Gasteiger partial charge in [-0.15, -0.1) is 0 Å². The second kappa shape index (κ2) is 6.57. The van der Waals surface area contributed by atoms with Gasteiger partial charge in [0.05, 0.1) is 24.8 Å². The zero-order valence-electron chi connectivity index (χ0n) is 14.3. The molecule has 128 valence electrons. The maximum Gasteiger partial charge on any atom is 0.122 e. The number of rotatable bonds is 4. The number of aryl methyl sites for hydroxylation is 1. The van der Waals surface area contributed by atoms with E-state index in [0.29, 0.717) is 6.04 Å². The molecule has 1 aromatic carbocycles. The number of aromatic nitrogens is 2. The second-order valence-corrected chi connectivity index (χ2v) is 7.17. The van der Waals surface area contributed by atoms with Crippen LogP contribution in [0.3, 0.4) is 0 Å². The summed E-state index contributed by atoms with van der Waals surface area (Å²) in [5, 5.41) is 3.62. The van der Waals surface area contributed by atoms with Crippen LogP contribution in [0.5, 0.6) is 0 Å². The molecule has 5 heteroatoms. The third kappa shape index (κ3) is 3.32. The second-order valence-electron chi connectivity index (χ2n) is 7.17. The van der Waals surface area contributed by atoms with Crippen molar-refractivity contribution in [2.75, 3.05) is 25.0 Å². The van der Waals surface area contributed by atoms with Crippen molar-refractivity contribution in [1.82, 2.24) is 14.5 Å². The zero-order valence-corrected chi connectivity index (χ0v) is 14.3. The maximum atomic E-state index is 6.31. The summed E-state index contributed by atoms with van der Waals surface area (Å²) < 4.78 is 8.42. The van der Waals surface area contributed by atoms with Crippen LogP contribution in [0.4, 0.5) is 5.69 Å². The minimum Gasteiger partial charge on any atom is -0.380 e. The molecule has 1 aromatic heterocycles. The fourth-order valence-electron chi connectivity index (χ4n) is 4.07. The van der Waals surface area contributed by atoms with E-state index >= 15 is 0 Å². The van der Waals surface area contributed by atoms with Gasteiger partial charge in [0.2, 0.25) is 0 Å². The van der Waals surface area contributed by atoms with Gasteiger partial charge in [0, 0.05) is 31.7 Å². The lowest BCUT2D eigenvalue weighted by Gasteiger charge is -2.39. The highest BCUT2D eigenvalue weighted by Gasteiger charge is 2.43. The highest BCUT2D eigenvalue weighted by atomic mass is 16.5. The first-order valence-electron chi connectivity index (χ1n) is 8.87. The molecular weight excluding hydrogens is 300 g/mol. The minimum atomic E-state index is 0.00978. The maximum absolute atomic E-state index is 6.31. The van der Waals surface area contributed by atoms with Crippen molar-refractivity contribution in [3.05, 3.63) is 48.5 Å². The standard InChI is InChI=1S/C19H26N4O/c1-22-11-9-20-18(22)13-23-10-5-8-19(15-23)12-17(14-24-19)21-16-6-3-2-4-7-16/h2-4,6-7,9,11,17,21H,5,8,10,12-15H2,1H3/t17-,19+/m1/s1. The van der Waals surface area contributed by atoms with E-state index in [9.17, 15) is 0 Å². The summed E-state index contributed by atoms with van der Waals surface area (Å²) >= 11 is 0. The molecule has 4 rings (SSSR count). The van der Waals surface area contributed by atoms with Crippen molar-refractivity contribution < 1.29 is 4.74 Å². The average Bonchev–Trinajstić information content (AvgIpc) is 3.16. The Kier molecular flexibility index (Phi) is 4.29. The van der Waals surface area contributed by atoms with Crippen molar-refractivity contribution in [1.29, 1.82) is 0 Å². The Morgan fingerprint density at radius 1 is 1.33 bits per heavy atom. The van der Waals surface area contributed by atoms with E-state index in [0.717, 1.165) is 44.9 Å². The van der Waals surface area contributed by atoms with E-state index in [-0.39, 0.29) is 5.60 Å². The highest BCUT2D eigenvalue weighted by Crippen LogP contribution is 2.36. The summed E-state index contributed by atoms with van der Waals surface area (Å²) in [6, 6.07) is 10.8. The Morgan fingerprint density at radius 2 is 2.21 bits per heavy atom. The molecule has 24 heavy (non-hydrogen) atoms. The molecule has 0 bridgehead atoms. The van der Waals surface area contributed by atoms with Crippen LogP contribution in [0.15, 0.2) is 42.7 Å². The fraction of sp³-hybridized carbons (Fsp3) is 0.526. The normalized spacial score (nSPS) is 27.6. The molecule has 0 radical (unpaired) electrons. The molecule has 0 saturated carbocycles. The van der Waals surface area contributed by atoms with Gasteiger partial charge < -0.3 is 14.6 Å². The molecule has 5 nitrogen and oxygen atoms in total. The van der Waals surface area contributed by atoms with Gasteiger partial charge in [-0.1, -0.05) is 18.2 Å². The highest BCUT2D eigenvalue weighted by molar-refractivity contribution is 5.43. The van der Waals surface area contributed by atoms with Crippen molar-refractivity contribution >= 4 is 5.69 Å². The topological polar surface area (TPSA) is 42.3 Å². The first-order valence-corrected chi connectivity index (χ1v) is 8.87. The van der Waals surface area contributed by atoms with Gasteiger partial charge in [-0.2, -0.15) is 0 Å². The summed E-state index contributed by atoms with van der Waals surface area (Å²) in [7, 11) is 2.06. The van der Waals surface area contributed by atoms with Crippen molar-refractivity contribution in [2.45, 2.75) is 37.5 Å². The monoisotopic (exact) mass is 326 g/mol. The molecule has 1 N–H and O–H groups in total. The SMILES string of the molecule is Cn1ccnc1CN1CCC[C@]2(C[C@@H](Nc3ccccc3)CO2)C1. The summed E-state index contributed by atoms with van der Waals surface area (Å²) in [6.45, 7) is 3.85. The van der Waals surface area contributed by atoms with Gasteiger partial charge in [-0.05, 0) is 37.9 Å². The molecule has 2 aliphatic rings. The van der Waals surface area contributed by atoms with E-state index in [1.165, 1.54) is 12.1 Å². The minimum absolute atomic E-state index is 0.00978. The molecule has 2 aliphatic heterocycles. The van der Waals surface area contributed by atoms with E-state index in [1.807, 2.05) is 12.4 Å². The smallest absolute Gasteiger partial charge is 0.122 e. The van der Waals surface area contributed by atoms with Crippen LogP contribution < -0.4 is 5.32 Å². The molecule has 2 fully saturated rings. The van der Waals surface area contributed by atoms with Gasteiger partial charge in [0.1, 0.15) is 5.82 Å². The lowest BCUT2D eigenvalue weighted by molar-refractivity contribution is -0.0539. The van der Waals surface area contributed by atoms with Crippen LogP contribution in [0.1, 0.15) is 25.1 Å². The van der Waals surface area contributed by atoms with Crippen molar-refractivity contribution in [3.63, 3.8) is 0 Å². The molecule has 2 saturated heterocycles. The Hall–Kier alpha value is -1.85. The van der Waals surface area contributed by atoms with Crippen LogP contribution in [0.2, 0.25) is 0 Å². The number of ether oxygens (including phenoxy) is 1. The van der Waals surface area contributed by atoms with Gasteiger partial charge in [-0.25, -0.2) is 4.98 Å². The van der Waals surface area contributed by atoms with Gasteiger partial charge in [0.15, 0.2) is 0 Å². The third-order valence-electron chi connectivity index (χ3n) is 5.26. The van der Waals surface area contributed by atoms with Crippen LogP contribution >= 0.6 is 0 Å². The van der Waals surface area contributed by atoms with Gasteiger partial charge in [0.25, 0.3) is 0 Å². The van der Waals surface area contributed by atoms with Crippen LogP contribution in [-0.2, 0) is 18.3 Å². The van der Waals surface area contributed by atoms with Crippen molar-refractivity contribution in [2.24, 2.45) is 7.05 Å². The molecule has 0 amide bonds. The molecule has 1 spiro atoms. The number of imidazole rings is 1. The number of nitrogens with one attached hydrogen (secondary N) is 1. The predicted molar refractivity (Wildman–Crippen MR) is 94.9 cm³/mol. The van der Waals surface area contributed by atoms with E-state index in [2.05, 4.69) is 57.1 Å². The number of para-hydroxylation sites is 1. The first-order chi connectivity index (χ1) is 11.7. The number of likely N-dealkylation sites (tertiary alicyclic amines) is 1. The number of hydrogen-bond acceptors (Lipinski definition) is 4. The summed E-state index contributed by atoms with van der Waals surface area (Å²) in [4.78, 5) is 6.96. The Bertz CT molecular complexity index is 671. The number of nitrogens with zero attached hydrogens (tertiary/aromatic N) is 3. The molecular formula is C19H26N4O. The number of benzene rings is 1. The Balaban J connectivity index is 1.38. The van der Waals surface area contributed by atoms with E-state index in [4.69, 9.17) is 4.74 Å².